The number of thioether (sulfide) groups is 1. The van der Waals surface area contributed by atoms with Crippen LogP contribution in [0.5, 0.6) is 0 Å². The van der Waals surface area contributed by atoms with Crippen molar-refractivity contribution in [3.05, 3.63) is 90.2 Å². The van der Waals surface area contributed by atoms with E-state index < -0.39 is 5.82 Å². The highest BCUT2D eigenvalue weighted by Crippen LogP contribution is 2.29. The van der Waals surface area contributed by atoms with E-state index in [1.165, 1.54) is 24.8 Å². The Morgan fingerprint density at radius 2 is 1.62 bits per heavy atom. The number of nitrogens with one attached hydrogen (secondary N) is 1. The fourth-order valence-corrected chi connectivity index (χ4v) is 3.86. The summed E-state index contributed by atoms with van der Waals surface area (Å²) in [5.74, 6) is -0.237. The maximum atomic E-state index is 14.4. The lowest BCUT2D eigenvalue weighted by molar-refractivity contribution is -0.113. The summed E-state index contributed by atoms with van der Waals surface area (Å²) in [6, 6.07) is 22.4. The molecule has 0 aliphatic carbocycles. The number of ketones is 1. The van der Waals surface area contributed by atoms with Gasteiger partial charge in [-0.25, -0.2) is 4.39 Å². The molecule has 1 N–H and O–H groups in total. The van der Waals surface area contributed by atoms with E-state index in [1.807, 2.05) is 30.3 Å². The first-order chi connectivity index (χ1) is 15.5. The molecule has 0 atom stereocenters. The molecule has 0 unspecified atom stereocenters. The molecular formula is C24H19FN4O2S. The molecule has 0 radical (unpaired) electrons. The number of carbonyl (C=O) groups is 2. The third-order valence-electron chi connectivity index (χ3n) is 4.67. The van der Waals surface area contributed by atoms with E-state index in [2.05, 4.69) is 15.5 Å². The number of Topliss-reactive ketones (excluding diaryl/α,β-unsaturated/α-hetero) is 1. The SMILES string of the molecule is CC(=O)c1ccc(NC(=O)CSc2nnc(-c3ccccc3F)n2-c2ccccc2)cc1. The second kappa shape index (κ2) is 9.57. The molecule has 0 aliphatic rings. The minimum absolute atomic E-state index is 0.0377. The normalized spacial score (nSPS) is 10.7. The van der Waals surface area contributed by atoms with Crippen LogP contribution in [-0.2, 0) is 4.79 Å². The van der Waals surface area contributed by atoms with Gasteiger partial charge in [0.05, 0.1) is 11.3 Å². The van der Waals surface area contributed by atoms with Crippen molar-refractivity contribution in [2.24, 2.45) is 0 Å². The number of carbonyl (C=O) groups excluding carboxylic acids is 2. The van der Waals surface area contributed by atoms with Gasteiger partial charge >= 0.3 is 0 Å². The molecule has 6 nitrogen and oxygen atoms in total. The van der Waals surface area contributed by atoms with Gasteiger partial charge in [-0.3, -0.25) is 14.2 Å². The van der Waals surface area contributed by atoms with Crippen LogP contribution in [0.2, 0.25) is 0 Å². The van der Waals surface area contributed by atoms with Crippen molar-refractivity contribution >= 4 is 29.1 Å². The summed E-state index contributed by atoms with van der Waals surface area (Å²) in [6.45, 7) is 1.49. The van der Waals surface area contributed by atoms with Crippen LogP contribution in [0.1, 0.15) is 17.3 Å². The van der Waals surface area contributed by atoms with Crippen LogP contribution in [0, 0.1) is 5.82 Å². The van der Waals surface area contributed by atoms with Gasteiger partial charge in [-0.2, -0.15) is 0 Å². The fourth-order valence-electron chi connectivity index (χ4n) is 3.11. The zero-order valence-corrected chi connectivity index (χ0v) is 18.0. The summed E-state index contributed by atoms with van der Waals surface area (Å²) in [5, 5.41) is 11.7. The zero-order chi connectivity index (χ0) is 22.5. The maximum Gasteiger partial charge on any atom is 0.234 e. The van der Waals surface area contributed by atoms with Crippen LogP contribution in [0.4, 0.5) is 10.1 Å². The summed E-state index contributed by atoms with van der Waals surface area (Å²) in [4.78, 5) is 23.9. The number of nitrogens with zero attached hydrogens (tertiary/aromatic N) is 3. The van der Waals surface area contributed by atoms with E-state index in [0.29, 0.717) is 27.8 Å². The molecule has 4 rings (SSSR count). The second-order valence-corrected chi connectivity index (χ2v) is 7.87. The number of hydrogen-bond donors (Lipinski definition) is 1. The lowest BCUT2D eigenvalue weighted by Crippen LogP contribution is -2.14. The predicted octanol–water partition coefficient (Wildman–Crippen LogP) is 5.01. The monoisotopic (exact) mass is 446 g/mol. The average Bonchev–Trinajstić information content (AvgIpc) is 3.22. The number of hydrogen-bond acceptors (Lipinski definition) is 5. The predicted molar refractivity (Wildman–Crippen MR) is 123 cm³/mol. The van der Waals surface area contributed by atoms with Gasteiger partial charge in [-0.1, -0.05) is 42.1 Å². The molecule has 0 fully saturated rings. The van der Waals surface area contributed by atoms with Crippen LogP contribution in [0.3, 0.4) is 0 Å². The Labute approximate surface area is 188 Å². The van der Waals surface area contributed by atoms with Crippen molar-refractivity contribution < 1.29 is 14.0 Å². The molecule has 1 amide bonds. The molecule has 160 valence electrons. The Balaban J connectivity index is 1.55. The highest BCUT2D eigenvalue weighted by atomic mass is 32.2. The lowest BCUT2D eigenvalue weighted by atomic mass is 10.1. The molecule has 4 aromatic rings. The Morgan fingerprint density at radius 1 is 0.938 bits per heavy atom. The van der Waals surface area contributed by atoms with Gasteiger partial charge in [0.1, 0.15) is 5.82 Å². The van der Waals surface area contributed by atoms with Crippen LogP contribution < -0.4 is 5.32 Å². The summed E-state index contributed by atoms with van der Waals surface area (Å²) in [7, 11) is 0. The summed E-state index contributed by atoms with van der Waals surface area (Å²) in [5.41, 5.74) is 2.26. The molecular weight excluding hydrogens is 427 g/mol. The molecule has 0 aliphatic heterocycles. The van der Waals surface area contributed by atoms with Crippen molar-refractivity contribution in [1.82, 2.24) is 14.8 Å². The van der Waals surface area contributed by atoms with E-state index in [9.17, 15) is 14.0 Å². The van der Waals surface area contributed by atoms with E-state index in [0.717, 1.165) is 5.69 Å². The topological polar surface area (TPSA) is 76.9 Å². The van der Waals surface area contributed by atoms with Crippen molar-refractivity contribution in [2.75, 3.05) is 11.1 Å². The summed E-state index contributed by atoms with van der Waals surface area (Å²) < 4.78 is 16.2. The first-order valence-corrected chi connectivity index (χ1v) is 10.8. The van der Waals surface area contributed by atoms with Gasteiger partial charge in [0.15, 0.2) is 16.8 Å². The quantitative estimate of drug-likeness (QED) is 0.319. The van der Waals surface area contributed by atoms with Gasteiger partial charge in [0.25, 0.3) is 0 Å². The van der Waals surface area contributed by atoms with Gasteiger partial charge in [-0.15, -0.1) is 10.2 Å². The van der Waals surface area contributed by atoms with Gasteiger partial charge in [0.2, 0.25) is 5.91 Å². The summed E-state index contributed by atoms with van der Waals surface area (Å²) >= 11 is 1.20. The first-order valence-electron chi connectivity index (χ1n) is 9.82. The largest absolute Gasteiger partial charge is 0.325 e. The van der Waals surface area contributed by atoms with Crippen molar-refractivity contribution in [3.8, 4) is 17.1 Å². The highest BCUT2D eigenvalue weighted by molar-refractivity contribution is 7.99. The average molecular weight is 447 g/mol. The number of benzene rings is 3. The molecule has 0 spiro atoms. The number of aromatic nitrogens is 3. The zero-order valence-electron chi connectivity index (χ0n) is 17.2. The van der Waals surface area contributed by atoms with E-state index in [4.69, 9.17) is 0 Å². The maximum absolute atomic E-state index is 14.4. The standard InChI is InChI=1S/C24H19FN4O2S/c1-16(30)17-11-13-18(14-12-17)26-22(31)15-32-24-28-27-23(20-9-5-6-10-21(20)25)29(24)19-7-3-2-4-8-19/h2-14H,15H2,1H3,(H,26,31). The van der Waals surface area contributed by atoms with Crippen LogP contribution >= 0.6 is 11.8 Å². The smallest absolute Gasteiger partial charge is 0.234 e. The number of rotatable bonds is 7. The van der Waals surface area contributed by atoms with Gasteiger partial charge in [0, 0.05) is 16.9 Å². The van der Waals surface area contributed by atoms with Crippen molar-refractivity contribution in [3.63, 3.8) is 0 Å². The molecule has 8 heteroatoms. The minimum atomic E-state index is -0.402. The number of amides is 1. The molecule has 0 bridgehead atoms. The molecule has 0 saturated carbocycles. The Morgan fingerprint density at radius 3 is 2.31 bits per heavy atom. The number of para-hydroxylation sites is 1. The van der Waals surface area contributed by atoms with E-state index in [-0.39, 0.29) is 17.4 Å². The van der Waals surface area contributed by atoms with Crippen LogP contribution in [0.25, 0.3) is 17.1 Å². The Bertz CT molecular complexity index is 1260. The van der Waals surface area contributed by atoms with Crippen LogP contribution in [0.15, 0.2) is 84.0 Å². The second-order valence-electron chi connectivity index (χ2n) is 6.93. The molecule has 0 saturated heterocycles. The Kier molecular flexibility index (Phi) is 6.42. The third-order valence-corrected chi connectivity index (χ3v) is 5.60. The summed E-state index contributed by atoms with van der Waals surface area (Å²) in [6.07, 6.45) is 0. The fraction of sp³-hybridized carbons (Fsp3) is 0.0833. The Hall–Kier alpha value is -3.78. The lowest BCUT2D eigenvalue weighted by Gasteiger charge is -2.11. The van der Waals surface area contributed by atoms with Crippen molar-refractivity contribution in [2.45, 2.75) is 12.1 Å². The minimum Gasteiger partial charge on any atom is -0.325 e. The third kappa shape index (κ3) is 4.76. The van der Waals surface area contributed by atoms with Gasteiger partial charge < -0.3 is 5.32 Å². The van der Waals surface area contributed by atoms with Crippen LogP contribution in [-0.4, -0.2) is 32.2 Å². The number of anilines is 1. The molecule has 3 aromatic carbocycles. The van der Waals surface area contributed by atoms with E-state index >= 15 is 0 Å². The number of halogens is 1. The van der Waals surface area contributed by atoms with Gasteiger partial charge in [-0.05, 0) is 55.5 Å². The van der Waals surface area contributed by atoms with E-state index in [1.54, 1.807) is 47.0 Å². The first kappa shape index (κ1) is 21.5. The van der Waals surface area contributed by atoms with Crippen molar-refractivity contribution in [1.29, 1.82) is 0 Å². The highest BCUT2D eigenvalue weighted by Gasteiger charge is 2.19. The molecule has 1 aromatic heterocycles. The molecule has 1 heterocycles. The molecule has 32 heavy (non-hydrogen) atoms.